The minimum atomic E-state index is -0.631. The summed E-state index contributed by atoms with van der Waals surface area (Å²) in [5, 5.41) is 9.87. The zero-order valence-corrected chi connectivity index (χ0v) is 8.55. The Balaban J connectivity index is 2.03. The van der Waals surface area contributed by atoms with Crippen molar-refractivity contribution in [3.8, 4) is 0 Å². The van der Waals surface area contributed by atoms with E-state index in [9.17, 15) is 5.11 Å². The molecule has 1 saturated carbocycles. The molecule has 0 bridgehead atoms. The Morgan fingerprint density at radius 3 is 3.08 bits per heavy atom. The van der Waals surface area contributed by atoms with Crippen molar-refractivity contribution >= 4 is 11.6 Å². The fourth-order valence-electron chi connectivity index (χ4n) is 2.22. The van der Waals surface area contributed by atoms with Crippen molar-refractivity contribution in [1.29, 1.82) is 0 Å². The van der Waals surface area contributed by atoms with Crippen molar-refractivity contribution in [2.45, 2.75) is 37.6 Å². The molecule has 2 fully saturated rings. The first-order valence-electron chi connectivity index (χ1n) is 4.68. The molecule has 1 saturated heterocycles. The smallest absolute Gasteiger partial charge is 0.113 e. The Labute approximate surface area is 83.5 Å². The quantitative estimate of drug-likeness (QED) is 0.420. The molecule has 0 aromatic rings. The lowest BCUT2D eigenvalue weighted by Gasteiger charge is -2.29. The molecule has 13 heavy (non-hydrogen) atoms. The van der Waals surface area contributed by atoms with Crippen LogP contribution in [0.4, 0.5) is 0 Å². The second-order valence-corrected chi connectivity index (χ2v) is 4.58. The number of fused-ring (bicyclic) bond motifs is 1. The highest BCUT2D eigenvalue weighted by atomic mass is 35.5. The van der Waals surface area contributed by atoms with Gasteiger partial charge in [-0.25, -0.2) is 0 Å². The van der Waals surface area contributed by atoms with Crippen LogP contribution in [0.1, 0.15) is 19.8 Å². The van der Waals surface area contributed by atoms with E-state index in [1.807, 2.05) is 6.92 Å². The Hall–Kier alpha value is -0.0500. The number of rotatable bonds is 2. The van der Waals surface area contributed by atoms with Gasteiger partial charge in [0.2, 0.25) is 0 Å². The number of alkyl halides is 1. The highest BCUT2D eigenvalue weighted by Crippen LogP contribution is 2.48. The summed E-state index contributed by atoms with van der Waals surface area (Å²) >= 11 is 5.72. The van der Waals surface area contributed by atoms with Crippen molar-refractivity contribution in [3.05, 3.63) is 12.2 Å². The van der Waals surface area contributed by atoms with Crippen molar-refractivity contribution in [3.63, 3.8) is 0 Å². The van der Waals surface area contributed by atoms with Gasteiger partial charge >= 0.3 is 0 Å². The van der Waals surface area contributed by atoms with Gasteiger partial charge in [-0.2, -0.15) is 0 Å². The molecule has 1 aliphatic carbocycles. The molecule has 0 amide bonds. The van der Waals surface area contributed by atoms with Crippen LogP contribution >= 0.6 is 11.6 Å². The highest BCUT2D eigenvalue weighted by molar-refractivity contribution is 6.19. The lowest BCUT2D eigenvalue weighted by Crippen LogP contribution is -2.39. The molecule has 0 radical (unpaired) electrons. The van der Waals surface area contributed by atoms with Crippen LogP contribution in [0.2, 0.25) is 0 Å². The zero-order valence-electron chi connectivity index (χ0n) is 7.79. The van der Waals surface area contributed by atoms with Crippen LogP contribution < -0.4 is 0 Å². The van der Waals surface area contributed by atoms with E-state index in [1.54, 1.807) is 0 Å². The van der Waals surface area contributed by atoms with Crippen LogP contribution in [0.25, 0.3) is 0 Å². The van der Waals surface area contributed by atoms with E-state index in [4.69, 9.17) is 16.3 Å². The maximum Gasteiger partial charge on any atom is 0.113 e. The number of ether oxygens (including phenoxy) is 1. The molecular formula is C10H15ClO2. The molecule has 0 aromatic carbocycles. The van der Waals surface area contributed by atoms with Gasteiger partial charge in [0, 0.05) is 11.8 Å². The fraction of sp³-hybridized carbons (Fsp3) is 0.800. The summed E-state index contributed by atoms with van der Waals surface area (Å²) in [5.41, 5.74) is 0.415. The second kappa shape index (κ2) is 2.97. The minimum Gasteiger partial charge on any atom is -0.387 e. The average Bonchev–Trinajstić information content (AvgIpc) is 2.84. The van der Waals surface area contributed by atoms with Crippen LogP contribution in [0, 0.1) is 5.92 Å². The SMILES string of the molecule is C=C(CCl)C1CCC(C)(O)C2OC12. The van der Waals surface area contributed by atoms with Crippen LogP contribution in [0.5, 0.6) is 0 Å². The summed E-state index contributed by atoms with van der Waals surface area (Å²) in [5.74, 6) is 0.863. The summed E-state index contributed by atoms with van der Waals surface area (Å²) in [4.78, 5) is 0. The number of epoxide rings is 1. The molecule has 1 N–H and O–H groups in total. The third-order valence-corrected chi connectivity index (χ3v) is 3.54. The second-order valence-electron chi connectivity index (χ2n) is 4.32. The van der Waals surface area contributed by atoms with E-state index in [0.717, 1.165) is 18.4 Å². The van der Waals surface area contributed by atoms with Gasteiger partial charge in [0.15, 0.2) is 0 Å². The molecule has 0 spiro atoms. The van der Waals surface area contributed by atoms with Gasteiger partial charge in [-0.15, -0.1) is 11.6 Å². The third-order valence-electron chi connectivity index (χ3n) is 3.19. The fourth-order valence-corrected chi connectivity index (χ4v) is 2.42. The summed E-state index contributed by atoms with van der Waals surface area (Å²) in [6, 6.07) is 0. The predicted octanol–water partition coefficient (Wildman–Crippen LogP) is 1.71. The van der Waals surface area contributed by atoms with Crippen LogP contribution in [-0.4, -0.2) is 28.8 Å². The lowest BCUT2D eigenvalue weighted by atomic mass is 9.77. The molecule has 1 aliphatic heterocycles. The molecule has 2 aliphatic rings. The van der Waals surface area contributed by atoms with Gasteiger partial charge in [0.05, 0.1) is 11.7 Å². The maximum absolute atomic E-state index is 9.87. The van der Waals surface area contributed by atoms with Crippen LogP contribution in [0.15, 0.2) is 12.2 Å². The monoisotopic (exact) mass is 202 g/mol. The normalized spacial score (nSPS) is 48.4. The first-order valence-corrected chi connectivity index (χ1v) is 5.21. The van der Waals surface area contributed by atoms with E-state index in [1.165, 1.54) is 0 Å². The molecule has 0 aromatic heterocycles. The molecule has 2 nitrogen and oxygen atoms in total. The average molecular weight is 203 g/mol. The van der Waals surface area contributed by atoms with Crippen molar-refractivity contribution in [2.75, 3.05) is 5.88 Å². The summed E-state index contributed by atoms with van der Waals surface area (Å²) in [7, 11) is 0. The van der Waals surface area contributed by atoms with Crippen molar-refractivity contribution in [2.24, 2.45) is 5.92 Å². The summed E-state index contributed by atoms with van der Waals surface area (Å²) in [6.07, 6.45) is 1.93. The largest absolute Gasteiger partial charge is 0.387 e. The summed E-state index contributed by atoms with van der Waals surface area (Å²) in [6.45, 7) is 5.77. The Morgan fingerprint density at radius 2 is 2.46 bits per heavy atom. The van der Waals surface area contributed by atoms with Gasteiger partial charge in [-0.05, 0) is 19.8 Å². The van der Waals surface area contributed by atoms with E-state index in [0.29, 0.717) is 11.8 Å². The Bertz CT molecular complexity index is 237. The molecule has 74 valence electrons. The molecule has 4 unspecified atom stereocenters. The van der Waals surface area contributed by atoms with Gasteiger partial charge in [0.1, 0.15) is 6.10 Å². The van der Waals surface area contributed by atoms with E-state index in [2.05, 4.69) is 6.58 Å². The summed E-state index contributed by atoms with van der Waals surface area (Å²) < 4.78 is 5.46. The Kier molecular flexibility index (Phi) is 2.17. The Morgan fingerprint density at radius 1 is 1.77 bits per heavy atom. The maximum atomic E-state index is 9.87. The van der Waals surface area contributed by atoms with Crippen LogP contribution in [0.3, 0.4) is 0 Å². The standard InChI is InChI=1S/C10H15ClO2/c1-6(5-11)7-3-4-10(2,12)9-8(7)13-9/h7-9,12H,1,3-5H2,2H3. The molecular weight excluding hydrogens is 188 g/mol. The van der Waals surface area contributed by atoms with E-state index in [-0.39, 0.29) is 12.2 Å². The third kappa shape index (κ3) is 1.51. The number of aliphatic hydroxyl groups is 1. The lowest BCUT2D eigenvalue weighted by molar-refractivity contribution is 0.0140. The first-order chi connectivity index (χ1) is 6.06. The number of hydrogen-bond donors (Lipinski definition) is 1. The predicted molar refractivity (Wildman–Crippen MR) is 51.9 cm³/mol. The number of hydrogen-bond acceptors (Lipinski definition) is 2. The first kappa shape index (κ1) is 9.50. The van der Waals surface area contributed by atoms with Crippen molar-refractivity contribution < 1.29 is 9.84 Å². The van der Waals surface area contributed by atoms with Crippen molar-refractivity contribution in [1.82, 2.24) is 0 Å². The molecule has 2 rings (SSSR count). The molecule has 3 heteroatoms. The van der Waals surface area contributed by atoms with E-state index >= 15 is 0 Å². The topological polar surface area (TPSA) is 32.8 Å². The van der Waals surface area contributed by atoms with Gasteiger partial charge in [-0.3, -0.25) is 0 Å². The number of halogens is 1. The minimum absolute atomic E-state index is 0.0196. The van der Waals surface area contributed by atoms with E-state index < -0.39 is 5.60 Å². The van der Waals surface area contributed by atoms with Crippen LogP contribution in [-0.2, 0) is 4.74 Å². The highest BCUT2D eigenvalue weighted by Gasteiger charge is 2.58. The van der Waals surface area contributed by atoms with Gasteiger partial charge in [0.25, 0.3) is 0 Å². The molecule has 1 heterocycles. The molecule has 4 atom stereocenters. The zero-order chi connectivity index (χ0) is 9.64. The van der Waals surface area contributed by atoms with Gasteiger partial charge < -0.3 is 9.84 Å². The van der Waals surface area contributed by atoms with Gasteiger partial charge in [-0.1, -0.05) is 12.2 Å².